The number of aryl methyl sites for hydroxylation is 1. The van der Waals surface area contributed by atoms with Gasteiger partial charge in [0.2, 0.25) is 0 Å². The molecule has 3 N–H and O–H groups in total. The lowest BCUT2D eigenvalue weighted by atomic mass is 10.1. The highest BCUT2D eigenvalue weighted by Gasteiger charge is 2.10. The summed E-state index contributed by atoms with van der Waals surface area (Å²) < 4.78 is 0. The molecule has 0 amide bonds. The fraction of sp³-hybridized carbons (Fsp3) is 0.282. The van der Waals surface area contributed by atoms with Crippen molar-refractivity contribution in [2.24, 2.45) is 0 Å². The molecule has 0 unspecified atom stereocenters. The first kappa shape index (κ1) is 34.8. The standard InChI is InChI=1S/C21H25N5.C18H21NO2/c1-17-14-18(8-9-21(17)22)25-12-13-26(15-19-6-2-4-10-23-19)16-20-7-3-5-11-24-20;1-3-4-5-18(21)12-19(2)17-9-8-15-10-14(13-20)6-7-16(15)11-17/h2-11,14,25H,12-13,15-16,22H2,1H3;6-11,13H,3-5,12H2,1-2H3. The monoisotopic (exact) mass is 630 g/mol. The Morgan fingerprint density at radius 3 is 2.17 bits per heavy atom. The molecule has 8 nitrogen and oxygen atoms in total. The average Bonchev–Trinajstić information content (AvgIpc) is 3.09. The van der Waals surface area contributed by atoms with Crippen LogP contribution in [0.2, 0.25) is 0 Å². The molecular weight excluding hydrogens is 584 g/mol. The Bertz CT molecular complexity index is 1670. The number of pyridine rings is 2. The normalized spacial score (nSPS) is 10.7. The van der Waals surface area contributed by atoms with Crippen LogP contribution in [0.3, 0.4) is 0 Å². The van der Waals surface area contributed by atoms with Gasteiger partial charge in [-0.15, -0.1) is 0 Å². The number of nitrogen functional groups attached to an aromatic ring is 1. The zero-order chi connectivity index (χ0) is 33.4. The van der Waals surface area contributed by atoms with Gasteiger partial charge >= 0.3 is 0 Å². The van der Waals surface area contributed by atoms with Crippen molar-refractivity contribution in [2.45, 2.75) is 46.2 Å². The van der Waals surface area contributed by atoms with Crippen LogP contribution in [0.25, 0.3) is 10.8 Å². The van der Waals surface area contributed by atoms with Gasteiger partial charge in [-0.3, -0.25) is 24.5 Å². The molecule has 0 saturated heterocycles. The van der Waals surface area contributed by atoms with Gasteiger partial charge in [-0.05, 0) is 90.3 Å². The number of anilines is 3. The van der Waals surface area contributed by atoms with Crippen LogP contribution in [-0.2, 0) is 17.9 Å². The second kappa shape index (κ2) is 18.2. The average molecular weight is 631 g/mol. The summed E-state index contributed by atoms with van der Waals surface area (Å²) in [6, 6.07) is 29.7. The molecule has 0 aliphatic rings. The number of aromatic nitrogens is 2. The summed E-state index contributed by atoms with van der Waals surface area (Å²) in [5.74, 6) is 0.274. The molecule has 244 valence electrons. The van der Waals surface area contributed by atoms with Gasteiger partial charge in [-0.25, -0.2) is 0 Å². The molecule has 0 bridgehead atoms. The number of Topliss-reactive ketones (excluding diaryl/α,β-unsaturated/α-hetero) is 1. The molecular formula is C39H46N6O2. The Kier molecular flexibility index (Phi) is 13.4. The number of ketones is 1. The van der Waals surface area contributed by atoms with E-state index in [-0.39, 0.29) is 5.78 Å². The van der Waals surface area contributed by atoms with Gasteiger partial charge in [0.1, 0.15) is 6.29 Å². The number of unbranched alkanes of at least 4 members (excludes halogenated alkanes) is 1. The Hall–Kier alpha value is -5.08. The first-order valence-corrected chi connectivity index (χ1v) is 16.2. The van der Waals surface area contributed by atoms with Crippen molar-refractivity contribution >= 4 is 39.9 Å². The van der Waals surface area contributed by atoms with Crippen molar-refractivity contribution in [3.05, 3.63) is 126 Å². The molecule has 5 aromatic rings. The van der Waals surface area contributed by atoms with Crippen molar-refractivity contribution in [3.63, 3.8) is 0 Å². The van der Waals surface area contributed by atoms with Crippen LogP contribution < -0.4 is 16.0 Å². The molecule has 8 heteroatoms. The third kappa shape index (κ3) is 11.3. The van der Waals surface area contributed by atoms with E-state index in [2.05, 4.69) is 51.4 Å². The number of hydrogen-bond donors (Lipinski definition) is 2. The maximum atomic E-state index is 11.9. The fourth-order valence-corrected chi connectivity index (χ4v) is 5.17. The maximum Gasteiger partial charge on any atom is 0.152 e. The highest BCUT2D eigenvalue weighted by molar-refractivity contribution is 5.91. The number of fused-ring (bicyclic) bond motifs is 1. The van der Waals surface area contributed by atoms with Gasteiger partial charge in [-0.1, -0.05) is 43.7 Å². The minimum absolute atomic E-state index is 0.274. The first-order chi connectivity index (χ1) is 22.8. The van der Waals surface area contributed by atoms with Gasteiger partial charge in [0.25, 0.3) is 0 Å². The van der Waals surface area contributed by atoms with E-state index in [1.807, 2.05) is 98.0 Å². The van der Waals surface area contributed by atoms with E-state index in [1.54, 1.807) is 0 Å². The summed E-state index contributed by atoms with van der Waals surface area (Å²) in [6.45, 7) is 7.86. The van der Waals surface area contributed by atoms with E-state index in [1.165, 1.54) is 0 Å². The lowest BCUT2D eigenvalue weighted by molar-refractivity contribution is -0.117. The van der Waals surface area contributed by atoms with Crippen LogP contribution in [0, 0.1) is 6.92 Å². The molecule has 0 aliphatic heterocycles. The van der Waals surface area contributed by atoms with Crippen molar-refractivity contribution in [2.75, 3.05) is 42.6 Å². The van der Waals surface area contributed by atoms with Crippen LogP contribution in [0.5, 0.6) is 0 Å². The lowest BCUT2D eigenvalue weighted by Crippen LogP contribution is -2.29. The largest absolute Gasteiger partial charge is 0.399 e. The number of nitrogens with two attached hydrogens (primary N) is 1. The lowest BCUT2D eigenvalue weighted by Gasteiger charge is -2.22. The molecule has 0 radical (unpaired) electrons. The van der Waals surface area contributed by atoms with Crippen LogP contribution in [0.15, 0.2) is 103 Å². The van der Waals surface area contributed by atoms with E-state index < -0.39 is 0 Å². The number of carbonyl (C=O) groups excluding carboxylic acids is 2. The second-order valence-electron chi connectivity index (χ2n) is 11.8. The van der Waals surface area contributed by atoms with Gasteiger partial charge in [-0.2, -0.15) is 0 Å². The SMILES string of the molecule is CCCCC(=O)CN(C)c1ccc2cc(C=O)ccc2c1.Cc1cc(NCCN(Cc2ccccn2)Cc2ccccn2)ccc1N. The Morgan fingerprint density at radius 2 is 1.55 bits per heavy atom. The van der Waals surface area contributed by atoms with Gasteiger partial charge in [0.15, 0.2) is 5.78 Å². The van der Waals surface area contributed by atoms with Crippen LogP contribution >= 0.6 is 0 Å². The number of aldehydes is 1. The quantitative estimate of drug-likeness (QED) is 0.0916. The Balaban J connectivity index is 0.000000218. The predicted octanol–water partition coefficient (Wildman–Crippen LogP) is 7.33. The zero-order valence-electron chi connectivity index (χ0n) is 27.7. The highest BCUT2D eigenvalue weighted by atomic mass is 16.1. The third-order valence-electron chi connectivity index (χ3n) is 7.90. The number of hydrogen-bond acceptors (Lipinski definition) is 8. The van der Waals surface area contributed by atoms with Crippen molar-refractivity contribution in [1.29, 1.82) is 0 Å². The molecule has 5 rings (SSSR count). The highest BCUT2D eigenvalue weighted by Crippen LogP contribution is 2.22. The van der Waals surface area contributed by atoms with Crippen LogP contribution in [0.4, 0.5) is 17.1 Å². The molecule has 47 heavy (non-hydrogen) atoms. The number of nitrogens with zero attached hydrogens (tertiary/aromatic N) is 4. The number of carbonyl (C=O) groups is 2. The Morgan fingerprint density at radius 1 is 0.872 bits per heavy atom. The molecule has 2 aromatic heterocycles. The summed E-state index contributed by atoms with van der Waals surface area (Å²) >= 11 is 0. The molecule has 0 aliphatic carbocycles. The maximum absolute atomic E-state index is 11.9. The molecule has 0 atom stereocenters. The van der Waals surface area contributed by atoms with Gasteiger partial charge < -0.3 is 16.0 Å². The van der Waals surface area contributed by atoms with Crippen LogP contribution in [0.1, 0.15) is 53.5 Å². The minimum Gasteiger partial charge on any atom is -0.399 e. The van der Waals surface area contributed by atoms with E-state index in [4.69, 9.17) is 5.73 Å². The molecule has 3 aromatic carbocycles. The van der Waals surface area contributed by atoms with Crippen molar-refractivity contribution in [3.8, 4) is 0 Å². The number of nitrogens with one attached hydrogen (secondary N) is 1. The molecule has 0 spiro atoms. The smallest absolute Gasteiger partial charge is 0.152 e. The summed E-state index contributed by atoms with van der Waals surface area (Å²) in [6.07, 6.45) is 7.18. The summed E-state index contributed by atoms with van der Waals surface area (Å²) in [5.41, 5.74) is 12.7. The second-order valence-corrected chi connectivity index (χ2v) is 11.8. The van der Waals surface area contributed by atoms with Crippen molar-refractivity contribution < 1.29 is 9.59 Å². The number of likely N-dealkylation sites (N-methyl/N-ethyl adjacent to an activating group) is 1. The van der Waals surface area contributed by atoms with Gasteiger partial charge in [0.05, 0.1) is 17.9 Å². The first-order valence-electron chi connectivity index (χ1n) is 16.2. The van der Waals surface area contributed by atoms with Crippen molar-refractivity contribution in [1.82, 2.24) is 14.9 Å². The van der Waals surface area contributed by atoms with E-state index in [0.717, 1.165) is 90.1 Å². The fourth-order valence-electron chi connectivity index (χ4n) is 5.17. The minimum atomic E-state index is 0.274. The number of benzene rings is 3. The van der Waals surface area contributed by atoms with E-state index >= 15 is 0 Å². The molecule has 0 fully saturated rings. The predicted molar refractivity (Wildman–Crippen MR) is 194 cm³/mol. The zero-order valence-corrected chi connectivity index (χ0v) is 27.7. The topological polar surface area (TPSA) is 104 Å². The van der Waals surface area contributed by atoms with E-state index in [9.17, 15) is 9.59 Å². The molecule has 2 heterocycles. The van der Waals surface area contributed by atoms with E-state index in [0.29, 0.717) is 18.5 Å². The summed E-state index contributed by atoms with van der Waals surface area (Å²) in [7, 11) is 1.94. The third-order valence-corrected chi connectivity index (χ3v) is 7.90. The summed E-state index contributed by atoms with van der Waals surface area (Å²) in [5, 5.41) is 5.59. The summed E-state index contributed by atoms with van der Waals surface area (Å²) in [4.78, 5) is 35.9. The van der Waals surface area contributed by atoms with Crippen LogP contribution in [-0.4, -0.2) is 53.6 Å². The van der Waals surface area contributed by atoms with Gasteiger partial charge in [0, 0.05) is 74.7 Å². The Labute approximate surface area is 278 Å². The molecule has 0 saturated carbocycles. The number of rotatable bonds is 15.